The van der Waals surface area contributed by atoms with Crippen LogP contribution in [-0.4, -0.2) is 25.7 Å². The summed E-state index contributed by atoms with van der Waals surface area (Å²) in [6, 6.07) is 4.38. The number of aryl methyl sites for hydroxylation is 2. The van der Waals surface area contributed by atoms with Crippen LogP contribution in [0.5, 0.6) is 0 Å². The summed E-state index contributed by atoms with van der Waals surface area (Å²) >= 11 is 5.08. The number of carbonyl (C=O) groups is 1. The monoisotopic (exact) mass is 333 g/mol. The number of nitro benzene ring substituents is 1. The van der Waals surface area contributed by atoms with Gasteiger partial charge in [0.15, 0.2) is 5.11 Å². The summed E-state index contributed by atoms with van der Waals surface area (Å²) < 4.78 is 1.62. The Kier molecular flexibility index (Phi) is 5.02. The van der Waals surface area contributed by atoms with E-state index in [1.165, 1.54) is 18.3 Å². The van der Waals surface area contributed by atoms with Crippen molar-refractivity contribution in [1.29, 1.82) is 0 Å². The molecule has 9 heteroatoms. The summed E-state index contributed by atoms with van der Waals surface area (Å²) in [4.78, 5) is 22.3. The highest BCUT2D eigenvalue weighted by atomic mass is 32.1. The van der Waals surface area contributed by atoms with Crippen LogP contribution >= 0.6 is 12.2 Å². The average Bonchev–Trinajstić information content (AvgIpc) is 2.98. The zero-order chi connectivity index (χ0) is 17.0. The summed E-state index contributed by atoms with van der Waals surface area (Å²) in [5, 5.41) is 20.2. The van der Waals surface area contributed by atoms with Gasteiger partial charge in [-0.25, -0.2) is 0 Å². The van der Waals surface area contributed by atoms with Gasteiger partial charge in [-0.2, -0.15) is 5.10 Å². The lowest BCUT2D eigenvalue weighted by Crippen LogP contribution is -2.34. The zero-order valence-corrected chi connectivity index (χ0v) is 13.4. The maximum Gasteiger partial charge on any atom is 0.271 e. The van der Waals surface area contributed by atoms with Crippen molar-refractivity contribution in [3.8, 4) is 0 Å². The highest BCUT2D eigenvalue weighted by Gasteiger charge is 2.13. The van der Waals surface area contributed by atoms with E-state index in [1.807, 2.05) is 6.92 Å². The minimum Gasteiger partial charge on any atom is -0.332 e. The largest absolute Gasteiger partial charge is 0.332 e. The predicted octanol–water partition coefficient (Wildman–Crippen LogP) is 2.25. The molecule has 1 amide bonds. The molecule has 2 rings (SSSR count). The lowest BCUT2D eigenvalue weighted by atomic mass is 10.2. The van der Waals surface area contributed by atoms with Crippen LogP contribution in [0.15, 0.2) is 30.6 Å². The van der Waals surface area contributed by atoms with E-state index in [-0.39, 0.29) is 10.8 Å². The molecule has 0 aliphatic rings. The molecule has 0 unspecified atom stereocenters. The normalized spacial score (nSPS) is 10.2. The lowest BCUT2D eigenvalue weighted by Gasteiger charge is -2.11. The molecule has 23 heavy (non-hydrogen) atoms. The Morgan fingerprint density at radius 1 is 1.48 bits per heavy atom. The Hall–Kier alpha value is -2.81. The molecule has 1 heterocycles. The fraction of sp³-hybridized carbons (Fsp3) is 0.214. The van der Waals surface area contributed by atoms with Crippen LogP contribution in [0.1, 0.15) is 22.8 Å². The van der Waals surface area contributed by atoms with Crippen LogP contribution in [0.3, 0.4) is 0 Å². The van der Waals surface area contributed by atoms with Gasteiger partial charge in [-0.1, -0.05) is 6.07 Å². The van der Waals surface area contributed by atoms with E-state index in [0.717, 1.165) is 5.56 Å². The summed E-state index contributed by atoms with van der Waals surface area (Å²) in [5.41, 5.74) is 1.56. The molecule has 0 saturated heterocycles. The van der Waals surface area contributed by atoms with Crippen molar-refractivity contribution >= 4 is 34.6 Å². The molecule has 2 N–H and O–H groups in total. The van der Waals surface area contributed by atoms with Crippen LogP contribution in [0, 0.1) is 17.0 Å². The van der Waals surface area contributed by atoms with Gasteiger partial charge in [0, 0.05) is 30.6 Å². The number of amides is 1. The predicted molar refractivity (Wildman–Crippen MR) is 89.4 cm³/mol. The Morgan fingerprint density at radius 2 is 2.22 bits per heavy atom. The lowest BCUT2D eigenvalue weighted by molar-refractivity contribution is -0.384. The number of hydrogen-bond acceptors (Lipinski definition) is 5. The molecule has 2 aromatic rings. The number of anilines is 1. The molecular weight excluding hydrogens is 318 g/mol. The van der Waals surface area contributed by atoms with E-state index in [4.69, 9.17) is 12.2 Å². The van der Waals surface area contributed by atoms with E-state index in [0.29, 0.717) is 17.8 Å². The van der Waals surface area contributed by atoms with Crippen LogP contribution in [0.2, 0.25) is 0 Å². The molecule has 0 aliphatic heterocycles. The number of aromatic nitrogens is 2. The molecule has 8 nitrogen and oxygen atoms in total. The number of benzene rings is 1. The smallest absolute Gasteiger partial charge is 0.271 e. The first-order valence-corrected chi connectivity index (χ1v) is 7.21. The fourth-order valence-electron chi connectivity index (χ4n) is 1.84. The van der Waals surface area contributed by atoms with Crippen LogP contribution in [0.4, 0.5) is 11.4 Å². The van der Waals surface area contributed by atoms with Crippen molar-refractivity contribution < 1.29 is 9.72 Å². The minimum absolute atomic E-state index is 0.0582. The fourth-order valence-corrected chi connectivity index (χ4v) is 2.04. The number of hydrogen-bond donors (Lipinski definition) is 2. The molecule has 0 radical (unpaired) electrons. The van der Waals surface area contributed by atoms with Gasteiger partial charge in [0.25, 0.3) is 11.6 Å². The van der Waals surface area contributed by atoms with Crippen molar-refractivity contribution in [2.75, 3.05) is 5.32 Å². The molecule has 0 saturated carbocycles. The molecule has 0 fully saturated rings. The van der Waals surface area contributed by atoms with Gasteiger partial charge in [0.05, 0.1) is 16.7 Å². The molecule has 0 spiro atoms. The van der Waals surface area contributed by atoms with E-state index in [2.05, 4.69) is 15.7 Å². The molecule has 0 atom stereocenters. The average molecular weight is 333 g/mol. The topological polar surface area (TPSA) is 102 Å². The third kappa shape index (κ3) is 4.10. The van der Waals surface area contributed by atoms with Crippen LogP contribution < -0.4 is 10.6 Å². The number of nitrogens with one attached hydrogen (secondary N) is 2. The number of rotatable bonds is 4. The molecule has 1 aromatic heterocycles. The first kappa shape index (κ1) is 16.6. The zero-order valence-electron chi connectivity index (χ0n) is 12.6. The Balaban J connectivity index is 2.06. The van der Waals surface area contributed by atoms with Gasteiger partial charge in [0.1, 0.15) is 0 Å². The van der Waals surface area contributed by atoms with Gasteiger partial charge in [0.2, 0.25) is 0 Å². The third-order valence-corrected chi connectivity index (χ3v) is 3.33. The van der Waals surface area contributed by atoms with Gasteiger partial charge in [-0.3, -0.25) is 24.9 Å². The minimum atomic E-state index is -0.495. The molecule has 0 bridgehead atoms. The van der Waals surface area contributed by atoms with Crippen LogP contribution in [-0.2, 0) is 6.54 Å². The summed E-state index contributed by atoms with van der Waals surface area (Å²) in [6.07, 6.45) is 3.05. The van der Waals surface area contributed by atoms with Crippen LogP contribution in [0.25, 0.3) is 0 Å². The van der Waals surface area contributed by atoms with Crippen molar-refractivity contribution in [1.82, 2.24) is 15.1 Å². The Bertz CT molecular complexity index is 772. The van der Waals surface area contributed by atoms with Gasteiger partial charge in [-0.05, 0) is 31.6 Å². The quantitative estimate of drug-likeness (QED) is 0.505. The van der Waals surface area contributed by atoms with E-state index < -0.39 is 10.8 Å². The molecule has 0 aliphatic carbocycles. The van der Waals surface area contributed by atoms with Crippen molar-refractivity contribution in [3.63, 3.8) is 0 Å². The molecule has 120 valence electrons. The SMILES string of the molecule is CCn1cc(C(=O)NC(=S)Nc2cc([N+](=O)[O-])ccc2C)cn1. The highest BCUT2D eigenvalue weighted by molar-refractivity contribution is 7.80. The van der Waals surface area contributed by atoms with E-state index in [1.54, 1.807) is 23.9 Å². The van der Waals surface area contributed by atoms with Gasteiger partial charge < -0.3 is 5.32 Å². The van der Waals surface area contributed by atoms with Crippen molar-refractivity contribution in [3.05, 3.63) is 51.8 Å². The van der Waals surface area contributed by atoms with E-state index in [9.17, 15) is 14.9 Å². The van der Waals surface area contributed by atoms with Gasteiger partial charge in [-0.15, -0.1) is 0 Å². The second-order valence-electron chi connectivity index (χ2n) is 4.75. The number of carbonyl (C=O) groups excluding carboxylic acids is 1. The number of nitrogens with zero attached hydrogens (tertiary/aromatic N) is 3. The summed E-state index contributed by atoms with van der Waals surface area (Å²) in [6.45, 7) is 4.34. The first-order valence-electron chi connectivity index (χ1n) is 6.80. The maximum atomic E-state index is 12.0. The third-order valence-electron chi connectivity index (χ3n) is 3.13. The summed E-state index contributed by atoms with van der Waals surface area (Å²) in [7, 11) is 0. The second kappa shape index (κ2) is 6.97. The maximum absolute atomic E-state index is 12.0. The number of non-ortho nitro benzene ring substituents is 1. The van der Waals surface area contributed by atoms with Crippen molar-refractivity contribution in [2.24, 2.45) is 0 Å². The summed E-state index contributed by atoms with van der Waals surface area (Å²) in [5.74, 6) is -0.398. The molecular formula is C14H15N5O3S. The Labute approximate surface area is 137 Å². The standard InChI is InChI=1S/C14H15N5O3S/c1-3-18-8-10(7-15-18)13(20)17-14(23)16-12-6-11(19(21)22)5-4-9(12)2/h4-8H,3H2,1-2H3,(H2,16,17,20,23). The number of thiocarbonyl (C=S) groups is 1. The van der Waals surface area contributed by atoms with E-state index >= 15 is 0 Å². The van der Waals surface area contributed by atoms with Crippen molar-refractivity contribution in [2.45, 2.75) is 20.4 Å². The first-order chi connectivity index (χ1) is 10.9. The Morgan fingerprint density at radius 3 is 2.83 bits per heavy atom. The number of nitro groups is 1. The molecule has 1 aromatic carbocycles. The van der Waals surface area contributed by atoms with Gasteiger partial charge >= 0.3 is 0 Å². The second-order valence-corrected chi connectivity index (χ2v) is 5.16. The highest BCUT2D eigenvalue weighted by Crippen LogP contribution is 2.21.